The van der Waals surface area contributed by atoms with Crippen LogP contribution in [0.15, 0.2) is 54.7 Å². The molecule has 0 spiro atoms. The number of nitrogens with one attached hydrogen (secondary N) is 2. The normalized spacial score (nSPS) is 12.4. The molecule has 4 aromatic heterocycles. The summed E-state index contributed by atoms with van der Waals surface area (Å²) in [6.07, 6.45) is 9.64. The van der Waals surface area contributed by atoms with Crippen molar-refractivity contribution in [3.63, 3.8) is 0 Å². The monoisotopic (exact) mass is 389 g/mol. The fourth-order valence-corrected chi connectivity index (χ4v) is 3.61. The van der Waals surface area contributed by atoms with Gasteiger partial charge in [0.15, 0.2) is 0 Å². The van der Waals surface area contributed by atoms with Crippen LogP contribution >= 0.6 is 0 Å². The number of hydrogen-bond donors (Lipinski definition) is 2. The van der Waals surface area contributed by atoms with Gasteiger partial charge in [0, 0.05) is 22.1 Å². The second kappa shape index (κ2) is 6.59. The van der Waals surface area contributed by atoms with E-state index < -0.39 is 0 Å². The van der Waals surface area contributed by atoms with Gasteiger partial charge in [0.2, 0.25) is 0 Å². The van der Waals surface area contributed by atoms with Crippen molar-refractivity contribution in [1.29, 1.82) is 0 Å². The lowest BCUT2D eigenvalue weighted by molar-refractivity contribution is 0.871. The maximum absolute atomic E-state index is 4.72. The predicted molar refractivity (Wildman–Crippen MR) is 118 cm³/mol. The van der Waals surface area contributed by atoms with Crippen molar-refractivity contribution in [3.8, 4) is 11.3 Å². The average molecular weight is 389 g/mol. The van der Waals surface area contributed by atoms with Crippen LogP contribution in [0.2, 0.25) is 0 Å². The molecule has 0 saturated carbocycles. The van der Waals surface area contributed by atoms with Gasteiger partial charge in [0.1, 0.15) is 0 Å². The van der Waals surface area contributed by atoms with Crippen molar-refractivity contribution in [2.45, 2.75) is 0 Å². The first-order valence-corrected chi connectivity index (χ1v) is 9.52. The third kappa shape index (κ3) is 3.08. The number of nitrogens with zero attached hydrogens (tertiary/aromatic N) is 5. The topological polar surface area (TPSA) is 96.0 Å². The smallest absolute Gasteiger partial charge is 0.0984 e. The van der Waals surface area contributed by atoms with E-state index in [1.54, 1.807) is 6.20 Å². The zero-order chi connectivity index (χ0) is 19.9. The fourth-order valence-electron chi connectivity index (χ4n) is 3.61. The van der Waals surface area contributed by atoms with Gasteiger partial charge in [-0.15, -0.1) is 10.2 Å². The van der Waals surface area contributed by atoms with E-state index in [4.69, 9.17) is 9.97 Å². The first kappa shape index (κ1) is 16.6. The first-order valence-electron chi connectivity index (χ1n) is 9.52. The molecule has 6 heterocycles. The largest absolute Gasteiger partial charge is 0.355 e. The zero-order valence-corrected chi connectivity index (χ0v) is 15.7. The molecular weight excluding hydrogens is 374 g/mol. The van der Waals surface area contributed by atoms with E-state index in [1.807, 2.05) is 72.8 Å². The Labute approximate surface area is 170 Å². The lowest BCUT2D eigenvalue weighted by Gasteiger charge is -1.94. The van der Waals surface area contributed by atoms with Crippen LogP contribution in [-0.2, 0) is 0 Å². The molecule has 7 heteroatoms. The summed E-state index contributed by atoms with van der Waals surface area (Å²) >= 11 is 0. The molecule has 2 aliphatic rings. The minimum absolute atomic E-state index is 0.742. The Bertz CT molecular complexity index is 1490. The molecule has 6 rings (SSSR count). The Morgan fingerprint density at radius 1 is 0.600 bits per heavy atom. The Kier molecular flexibility index (Phi) is 3.64. The maximum Gasteiger partial charge on any atom is 0.0984 e. The van der Waals surface area contributed by atoms with E-state index in [1.165, 1.54) is 0 Å². The molecule has 0 amide bonds. The maximum atomic E-state index is 4.72. The molecule has 30 heavy (non-hydrogen) atoms. The van der Waals surface area contributed by atoms with Gasteiger partial charge < -0.3 is 9.97 Å². The van der Waals surface area contributed by atoms with Gasteiger partial charge in [0.25, 0.3) is 0 Å². The van der Waals surface area contributed by atoms with Gasteiger partial charge in [-0.25, -0.2) is 9.97 Å². The summed E-state index contributed by atoms with van der Waals surface area (Å²) in [5, 5.41) is 11.7. The summed E-state index contributed by atoms with van der Waals surface area (Å²) in [6, 6.07) is 16.0. The van der Waals surface area contributed by atoms with Crippen LogP contribution in [0.3, 0.4) is 0 Å². The number of aromatic nitrogens is 7. The molecule has 2 aliphatic heterocycles. The highest BCUT2D eigenvalue weighted by molar-refractivity contribution is 5.86. The quantitative estimate of drug-likeness (QED) is 0.431. The van der Waals surface area contributed by atoms with Crippen LogP contribution in [0.1, 0.15) is 22.8 Å². The van der Waals surface area contributed by atoms with Crippen molar-refractivity contribution in [1.82, 2.24) is 35.3 Å². The van der Waals surface area contributed by atoms with Crippen LogP contribution < -0.4 is 0 Å². The predicted octanol–water partition coefficient (Wildman–Crippen LogP) is 4.51. The first-order chi connectivity index (χ1) is 14.8. The third-order valence-corrected chi connectivity index (χ3v) is 4.95. The molecule has 0 unspecified atom stereocenters. The van der Waals surface area contributed by atoms with Gasteiger partial charge in [0.05, 0.1) is 40.2 Å². The van der Waals surface area contributed by atoms with Gasteiger partial charge in [-0.05, 0) is 78.0 Å². The van der Waals surface area contributed by atoms with Gasteiger partial charge in [-0.1, -0.05) is 0 Å². The molecule has 0 saturated heterocycles. The van der Waals surface area contributed by atoms with Gasteiger partial charge in [-0.2, -0.15) is 0 Å². The standard InChI is InChI=1S/C23H15N7/c1-2-15-10-17-5-6-19(27-17)13-23-21(22-7-8-24-30-29-22)12-20(28-23)11-18-4-3-16(26-18)9-14(1)25-15/h1-13,25,28H. The zero-order valence-electron chi connectivity index (χ0n) is 15.7. The van der Waals surface area contributed by atoms with Crippen molar-refractivity contribution in [3.05, 3.63) is 77.5 Å². The number of fused-ring (bicyclic) bond motifs is 8. The molecule has 2 N–H and O–H groups in total. The second-order valence-electron chi connectivity index (χ2n) is 7.09. The molecule has 0 atom stereocenters. The lowest BCUT2D eigenvalue weighted by Crippen LogP contribution is -1.88. The van der Waals surface area contributed by atoms with Gasteiger partial charge >= 0.3 is 0 Å². The molecule has 8 bridgehead atoms. The average Bonchev–Trinajstić information content (AvgIpc) is 3.53. The van der Waals surface area contributed by atoms with Crippen LogP contribution in [0.5, 0.6) is 0 Å². The Balaban J connectivity index is 1.69. The van der Waals surface area contributed by atoms with E-state index in [2.05, 4.69) is 25.4 Å². The van der Waals surface area contributed by atoms with Crippen molar-refractivity contribution in [2.75, 3.05) is 0 Å². The summed E-state index contributed by atoms with van der Waals surface area (Å²) in [6.45, 7) is 0. The Morgan fingerprint density at radius 3 is 1.87 bits per heavy atom. The summed E-state index contributed by atoms with van der Waals surface area (Å²) in [7, 11) is 0. The van der Waals surface area contributed by atoms with Crippen LogP contribution in [0.25, 0.3) is 57.6 Å². The highest BCUT2D eigenvalue weighted by Crippen LogP contribution is 2.25. The molecular formula is C23H15N7. The number of rotatable bonds is 1. The van der Waals surface area contributed by atoms with E-state index in [0.717, 1.165) is 56.1 Å². The molecule has 0 aromatic carbocycles. The molecule has 0 aliphatic carbocycles. The lowest BCUT2D eigenvalue weighted by atomic mass is 10.2. The van der Waals surface area contributed by atoms with Crippen LogP contribution in [-0.4, -0.2) is 35.3 Å². The fraction of sp³-hybridized carbons (Fsp3) is 0. The van der Waals surface area contributed by atoms with E-state index in [0.29, 0.717) is 0 Å². The van der Waals surface area contributed by atoms with Crippen molar-refractivity contribution < 1.29 is 0 Å². The highest BCUT2D eigenvalue weighted by atomic mass is 15.3. The van der Waals surface area contributed by atoms with Crippen LogP contribution in [0.4, 0.5) is 0 Å². The number of H-pyrrole nitrogens is 2. The summed E-state index contributed by atoms with van der Waals surface area (Å²) in [4.78, 5) is 16.3. The molecule has 4 aromatic rings. The number of aromatic amines is 2. The van der Waals surface area contributed by atoms with E-state index in [-0.39, 0.29) is 0 Å². The summed E-state index contributed by atoms with van der Waals surface area (Å²) in [5.41, 5.74) is 9.01. The summed E-state index contributed by atoms with van der Waals surface area (Å²) in [5.74, 6) is 0. The molecule has 0 fully saturated rings. The second-order valence-corrected chi connectivity index (χ2v) is 7.09. The molecule has 0 radical (unpaired) electrons. The van der Waals surface area contributed by atoms with Crippen molar-refractivity contribution in [2.24, 2.45) is 0 Å². The molecule has 142 valence electrons. The minimum atomic E-state index is 0.742. The van der Waals surface area contributed by atoms with E-state index >= 15 is 0 Å². The van der Waals surface area contributed by atoms with E-state index in [9.17, 15) is 0 Å². The Morgan fingerprint density at radius 2 is 1.23 bits per heavy atom. The van der Waals surface area contributed by atoms with Crippen molar-refractivity contribution >= 4 is 46.4 Å². The minimum Gasteiger partial charge on any atom is -0.355 e. The van der Waals surface area contributed by atoms with Gasteiger partial charge in [-0.3, -0.25) is 0 Å². The third-order valence-electron chi connectivity index (χ3n) is 4.95. The SMILES string of the molecule is C1=Cc2cc3cc(-c4ccnnn4)c(cc4nc(cc5ccc(cc1n2)[nH]5)C=C4)[nH]3. The highest BCUT2D eigenvalue weighted by Gasteiger charge is 2.08. The number of hydrogen-bond acceptors (Lipinski definition) is 5. The Hall–Kier alpha value is -4.39. The molecule has 7 nitrogen and oxygen atoms in total. The van der Waals surface area contributed by atoms with Crippen LogP contribution in [0, 0.1) is 0 Å². The summed E-state index contributed by atoms with van der Waals surface area (Å²) < 4.78 is 0.